The fourth-order valence-electron chi connectivity index (χ4n) is 7.22. The van der Waals surface area contributed by atoms with Gasteiger partial charge >= 0.3 is 11.9 Å². The van der Waals surface area contributed by atoms with Crippen molar-refractivity contribution in [3.8, 4) is 0 Å². The molecule has 0 rings (SSSR count). The normalized spacial score (nSPS) is 13.0. The lowest BCUT2D eigenvalue weighted by Gasteiger charge is -2.26. The first kappa shape index (κ1) is 58.8. The molecule has 0 saturated heterocycles. The number of rotatable bonds is 47. The number of nitrogens with zero attached hydrogens (tertiary/aromatic N) is 1. The Kier molecular flexibility index (Phi) is 42.8. The van der Waals surface area contributed by atoms with Crippen molar-refractivity contribution in [1.82, 2.24) is 0 Å². The summed E-state index contributed by atoms with van der Waals surface area (Å²) in [5.74, 6) is -2.29. The Bertz CT molecular complexity index is 1050. The Morgan fingerprint density at radius 2 is 0.918 bits per heavy atom. The van der Waals surface area contributed by atoms with Crippen LogP contribution in [0.5, 0.6) is 0 Å². The van der Waals surface area contributed by atoms with Crippen molar-refractivity contribution in [3.63, 3.8) is 0 Å². The summed E-state index contributed by atoms with van der Waals surface area (Å²) in [7, 11) is 5.91. The van der Waals surface area contributed by atoms with Crippen molar-refractivity contribution in [2.75, 3.05) is 47.5 Å². The molecule has 9 heteroatoms. The monoisotopic (exact) mass is 864 g/mol. The highest BCUT2D eigenvalue weighted by Crippen LogP contribution is 2.16. The van der Waals surface area contributed by atoms with Crippen LogP contribution < -0.4 is 5.11 Å². The molecule has 2 unspecified atom stereocenters. The van der Waals surface area contributed by atoms with Crippen LogP contribution in [0, 0.1) is 0 Å². The molecule has 61 heavy (non-hydrogen) atoms. The third-order valence-corrected chi connectivity index (χ3v) is 11.2. The van der Waals surface area contributed by atoms with Crippen molar-refractivity contribution >= 4 is 17.9 Å². The van der Waals surface area contributed by atoms with Gasteiger partial charge in [-0.3, -0.25) is 9.59 Å². The Hall–Kier alpha value is -2.23. The van der Waals surface area contributed by atoms with E-state index < -0.39 is 24.3 Å². The summed E-state index contributed by atoms with van der Waals surface area (Å²) in [4.78, 5) is 37.1. The molecule has 0 heterocycles. The second kappa shape index (κ2) is 44.4. The van der Waals surface area contributed by atoms with Gasteiger partial charge in [0.25, 0.3) is 0 Å². The van der Waals surface area contributed by atoms with E-state index in [1.54, 1.807) is 0 Å². The molecule has 0 aliphatic carbocycles. The Labute approximate surface area is 376 Å². The van der Waals surface area contributed by atoms with Crippen molar-refractivity contribution in [2.24, 2.45) is 0 Å². The second-order valence-electron chi connectivity index (χ2n) is 18.5. The first-order chi connectivity index (χ1) is 29.6. The van der Waals surface area contributed by atoms with E-state index in [0.717, 1.165) is 64.2 Å². The summed E-state index contributed by atoms with van der Waals surface area (Å²) in [6.45, 7) is 4.69. The molecule has 0 spiro atoms. The molecule has 0 amide bonds. The van der Waals surface area contributed by atoms with Crippen LogP contribution >= 0.6 is 0 Å². The molecular formula is C52H97NO8. The molecule has 0 aromatic rings. The van der Waals surface area contributed by atoms with Crippen molar-refractivity contribution in [3.05, 3.63) is 24.3 Å². The van der Waals surface area contributed by atoms with Crippen LogP contribution in [0.2, 0.25) is 0 Å². The molecular weight excluding hydrogens is 767 g/mol. The van der Waals surface area contributed by atoms with Gasteiger partial charge < -0.3 is 33.3 Å². The number of hydrogen-bond donors (Lipinski definition) is 0. The van der Waals surface area contributed by atoms with E-state index in [2.05, 4.69) is 38.2 Å². The molecule has 0 bridgehead atoms. The topological polar surface area (TPSA) is 111 Å². The molecule has 0 radical (unpaired) electrons. The smallest absolute Gasteiger partial charge is 0.306 e. The third-order valence-electron chi connectivity index (χ3n) is 11.2. The second-order valence-corrected chi connectivity index (χ2v) is 18.5. The van der Waals surface area contributed by atoms with Crippen LogP contribution in [0.4, 0.5) is 0 Å². The fourth-order valence-corrected chi connectivity index (χ4v) is 7.22. The number of carbonyl (C=O) groups excluding carboxylic acids is 3. The Morgan fingerprint density at radius 3 is 1.36 bits per heavy atom. The largest absolute Gasteiger partial charge is 0.545 e. The number of esters is 2. The van der Waals surface area contributed by atoms with Gasteiger partial charge in [0.15, 0.2) is 12.4 Å². The number of allylic oxidation sites excluding steroid dienone is 4. The van der Waals surface area contributed by atoms with Gasteiger partial charge in [-0.05, 0) is 38.5 Å². The van der Waals surface area contributed by atoms with Crippen LogP contribution in [0.1, 0.15) is 232 Å². The van der Waals surface area contributed by atoms with Crippen LogP contribution in [-0.2, 0) is 33.3 Å². The van der Waals surface area contributed by atoms with E-state index in [9.17, 15) is 19.5 Å². The highest BCUT2D eigenvalue weighted by atomic mass is 16.7. The average Bonchev–Trinajstić information content (AvgIpc) is 3.22. The first-order valence-electron chi connectivity index (χ1n) is 25.5. The molecule has 0 fully saturated rings. The summed E-state index contributed by atoms with van der Waals surface area (Å²) in [5, 5.41) is 11.7. The van der Waals surface area contributed by atoms with Gasteiger partial charge in [-0.15, -0.1) is 0 Å². The minimum Gasteiger partial charge on any atom is -0.545 e. The molecule has 0 saturated carbocycles. The molecule has 0 aliphatic rings. The average molecular weight is 864 g/mol. The summed E-state index contributed by atoms with van der Waals surface area (Å²) >= 11 is 0. The quantitative estimate of drug-likeness (QED) is 0.0195. The summed E-state index contributed by atoms with van der Waals surface area (Å²) in [6.07, 6.45) is 46.5. The van der Waals surface area contributed by atoms with Crippen LogP contribution in [0.3, 0.4) is 0 Å². The highest BCUT2D eigenvalue weighted by molar-refractivity contribution is 5.70. The summed E-state index contributed by atoms with van der Waals surface area (Å²) < 4.78 is 22.6. The molecule has 0 aromatic heterocycles. The van der Waals surface area contributed by atoms with E-state index in [1.165, 1.54) is 135 Å². The molecule has 0 N–H and O–H groups in total. The highest BCUT2D eigenvalue weighted by Gasteiger charge is 2.22. The Morgan fingerprint density at radius 1 is 0.492 bits per heavy atom. The standard InChI is InChI=1S/C52H97NO8/c1-6-8-10-12-14-16-18-20-21-22-23-24-25-26-27-28-29-31-32-34-36-38-40-42-49(54)59-46-48(47-60-52(51(56)57)58-45-44-53(3,4)5)61-50(55)43-41-39-37-35-33-30-19-17-15-13-11-9-7-2/h11,13,17,19,48,52H,6-10,12,14-16,18,20-47H2,1-5H3/b13-11-,19-17-. The molecule has 2 atom stereocenters. The minimum absolute atomic E-state index is 0.147. The van der Waals surface area contributed by atoms with Gasteiger partial charge in [-0.1, -0.05) is 205 Å². The van der Waals surface area contributed by atoms with Gasteiger partial charge in [0.2, 0.25) is 0 Å². The van der Waals surface area contributed by atoms with E-state index in [1.807, 2.05) is 21.1 Å². The van der Waals surface area contributed by atoms with Gasteiger partial charge in [-0.25, -0.2) is 0 Å². The van der Waals surface area contributed by atoms with Gasteiger partial charge in [0.1, 0.15) is 13.2 Å². The molecule has 0 aliphatic heterocycles. The maximum absolute atomic E-state index is 12.7. The first-order valence-corrected chi connectivity index (χ1v) is 25.5. The number of ether oxygens (including phenoxy) is 4. The van der Waals surface area contributed by atoms with E-state index in [4.69, 9.17) is 18.9 Å². The third kappa shape index (κ3) is 45.6. The minimum atomic E-state index is -1.62. The number of carbonyl (C=O) groups is 3. The van der Waals surface area contributed by atoms with Crippen molar-refractivity contribution in [1.29, 1.82) is 0 Å². The lowest BCUT2D eigenvalue weighted by Crippen LogP contribution is -2.44. The molecule has 358 valence electrons. The van der Waals surface area contributed by atoms with Gasteiger partial charge in [0, 0.05) is 12.8 Å². The molecule has 9 nitrogen and oxygen atoms in total. The number of unbranched alkanes of at least 4 members (excludes halogenated alkanes) is 28. The van der Waals surface area contributed by atoms with Crippen molar-refractivity contribution < 1.29 is 42.9 Å². The predicted octanol–water partition coefficient (Wildman–Crippen LogP) is 12.7. The lowest BCUT2D eigenvalue weighted by molar-refractivity contribution is -0.870. The zero-order valence-corrected chi connectivity index (χ0v) is 40.5. The number of carboxylic acid groups (broad SMARTS) is 1. The fraction of sp³-hybridized carbons (Fsp3) is 0.865. The van der Waals surface area contributed by atoms with Crippen LogP contribution in [0.15, 0.2) is 24.3 Å². The molecule has 0 aromatic carbocycles. The number of aliphatic carboxylic acids is 1. The van der Waals surface area contributed by atoms with E-state index in [0.29, 0.717) is 23.9 Å². The number of hydrogen-bond acceptors (Lipinski definition) is 8. The number of quaternary nitrogens is 1. The summed E-state index contributed by atoms with van der Waals surface area (Å²) in [5.41, 5.74) is 0. The number of carboxylic acids is 1. The van der Waals surface area contributed by atoms with E-state index >= 15 is 0 Å². The van der Waals surface area contributed by atoms with Crippen LogP contribution in [-0.4, -0.2) is 82.3 Å². The predicted molar refractivity (Wildman–Crippen MR) is 251 cm³/mol. The van der Waals surface area contributed by atoms with Gasteiger partial charge in [0.05, 0.1) is 40.3 Å². The summed E-state index contributed by atoms with van der Waals surface area (Å²) in [6, 6.07) is 0. The number of likely N-dealkylation sites (N-methyl/N-ethyl adjacent to an activating group) is 1. The Balaban J connectivity index is 4.23. The maximum atomic E-state index is 12.7. The van der Waals surface area contributed by atoms with Crippen LogP contribution in [0.25, 0.3) is 0 Å². The maximum Gasteiger partial charge on any atom is 0.306 e. The van der Waals surface area contributed by atoms with Gasteiger partial charge in [-0.2, -0.15) is 0 Å². The SMILES string of the molecule is CCC/C=C\C/C=C\CCCCCCCC(=O)OC(COC(=O)CCCCCCCCCCCCCCCCCCCCCCCCC)COC(OCC[N+](C)(C)C)C(=O)[O-]. The lowest BCUT2D eigenvalue weighted by atomic mass is 10.0. The van der Waals surface area contributed by atoms with E-state index in [-0.39, 0.29) is 32.2 Å². The zero-order valence-electron chi connectivity index (χ0n) is 40.5. The zero-order chi connectivity index (χ0) is 44.9. The van der Waals surface area contributed by atoms with Crippen molar-refractivity contribution in [2.45, 2.75) is 245 Å².